The number of sulfonamides is 1. The van der Waals surface area contributed by atoms with Crippen molar-refractivity contribution in [1.82, 2.24) is 9.71 Å². The number of benzene rings is 2. The lowest BCUT2D eigenvalue weighted by Gasteiger charge is -2.27. The van der Waals surface area contributed by atoms with Gasteiger partial charge in [-0.05, 0) is 66.8 Å². The molecule has 35 heavy (non-hydrogen) atoms. The molecule has 1 aliphatic heterocycles. The predicted octanol–water partition coefficient (Wildman–Crippen LogP) is 6.19. The van der Waals surface area contributed by atoms with Gasteiger partial charge < -0.3 is 4.90 Å². The van der Waals surface area contributed by atoms with Gasteiger partial charge in [0.2, 0.25) is 10.0 Å². The van der Waals surface area contributed by atoms with Crippen LogP contribution in [-0.2, 0) is 10.0 Å². The Bertz CT molecular complexity index is 1430. The van der Waals surface area contributed by atoms with E-state index in [-0.39, 0.29) is 11.6 Å². The van der Waals surface area contributed by atoms with Crippen molar-refractivity contribution in [3.05, 3.63) is 80.2 Å². The van der Waals surface area contributed by atoms with Crippen molar-refractivity contribution in [2.45, 2.75) is 25.8 Å². The summed E-state index contributed by atoms with van der Waals surface area (Å²) in [5, 5.41) is 1.37. The zero-order chi connectivity index (χ0) is 25.5. The van der Waals surface area contributed by atoms with Crippen LogP contribution < -0.4 is 9.62 Å². The average Bonchev–Trinajstić information content (AvgIpc) is 3.25. The molecule has 184 valence electrons. The first-order valence-electron chi connectivity index (χ1n) is 10.6. The average molecular weight is 557 g/mol. The third-order valence-electron chi connectivity index (χ3n) is 5.82. The molecule has 6 nitrogen and oxygen atoms in total. The lowest BCUT2D eigenvalue weighted by atomic mass is 9.98. The van der Waals surface area contributed by atoms with Crippen LogP contribution in [-0.4, -0.2) is 32.1 Å². The minimum Gasteiger partial charge on any atom is -0.348 e. The molecular weight excluding hydrogens is 536 g/mol. The van der Waals surface area contributed by atoms with Crippen molar-refractivity contribution in [3.63, 3.8) is 0 Å². The minimum atomic E-state index is -3.82. The summed E-state index contributed by atoms with van der Waals surface area (Å²) in [5.74, 6) is -1.29. The first-order valence-corrected chi connectivity index (χ1v) is 13.7. The summed E-state index contributed by atoms with van der Waals surface area (Å²) in [6.45, 7) is 2.45. The van der Waals surface area contributed by atoms with E-state index in [0.717, 1.165) is 31.2 Å². The van der Waals surface area contributed by atoms with E-state index in [0.29, 0.717) is 37.6 Å². The molecule has 1 fully saturated rings. The highest BCUT2D eigenvalue weighted by atomic mass is 35.5. The van der Waals surface area contributed by atoms with Gasteiger partial charge in [-0.3, -0.25) is 4.79 Å². The fourth-order valence-corrected chi connectivity index (χ4v) is 5.29. The fraction of sp³-hybridized carbons (Fsp3) is 0.250. The smallest absolute Gasteiger partial charge is 0.267 e. The van der Waals surface area contributed by atoms with Gasteiger partial charge >= 0.3 is 0 Å². The molecule has 1 N–H and O–H groups in total. The van der Waals surface area contributed by atoms with Gasteiger partial charge in [-0.25, -0.2) is 22.5 Å². The molecule has 0 bridgehead atoms. The number of pyridine rings is 1. The second-order valence-electron chi connectivity index (χ2n) is 8.40. The van der Waals surface area contributed by atoms with E-state index in [1.165, 1.54) is 12.1 Å². The Morgan fingerprint density at radius 3 is 2.51 bits per heavy atom. The molecule has 1 aromatic heterocycles. The van der Waals surface area contributed by atoms with Crippen molar-refractivity contribution in [3.8, 4) is 11.1 Å². The van der Waals surface area contributed by atoms with Crippen LogP contribution in [0.5, 0.6) is 0 Å². The quantitative estimate of drug-likeness (QED) is 0.406. The van der Waals surface area contributed by atoms with Crippen molar-refractivity contribution < 1.29 is 17.6 Å². The molecule has 1 amide bonds. The number of nitrogens with one attached hydrogen (secondary N) is 1. The van der Waals surface area contributed by atoms with Crippen LogP contribution in [0.2, 0.25) is 15.1 Å². The molecule has 0 radical (unpaired) electrons. The van der Waals surface area contributed by atoms with E-state index < -0.39 is 21.7 Å². The molecular formula is C24H21Cl3FN3O3S. The van der Waals surface area contributed by atoms with E-state index in [2.05, 4.69) is 9.88 Å². The molecule has 2 aromatic carbocycles. The largest absolute Gasteiger partial charge is 0.348 e. The van der Waals surface area contributed by atoms with Crippen LogP contribution in [0.15, 0.2) is 42.6 Å². The molecule has 4 rings (SSSR count). The normalized spacial score (nSPS) is 15.9. The summed E-state index contributed by atoms with van der Waals surface area (Å²) < 4.78 is 39.2. The van der Waals surface area contributed by atoms with E-state index in [1.807, 2.05) is 12.1 Å². The van der Waals surface area contributed by atoms with Gasteiger partial charge in [0.15, 0.2) is 0 Å². The molecule has 1 atom stereocenters. The van der Waals surface area contributed by atoms with Gasteiger partial charge in [-0.15, -0.1) is 0 Å². The first-order chi connectivity index (χ1) is 16.4. The molecule has 3 aromatic rings. The van der Waals surface area contributed by atoms with Crippen LogP contribution in [0.4, 0.5) is 10.2 Å². The van der Waals surface area contributed by atoms with Crippen molar-refractivity contribution in [1.29, 1.82) is 0 Å². The number of halogens is 4. The predicted molar refractivity (Wildman–Crippen MR) is 137 cm³/mol. The van der Waals surface area contributed by atoms with Crippen LogP contribution in [0, 0.1) is 12.7 Å². The van der Waals surface area contributed by atoms with E-state index >= 15 is 0 Å². The Kier molecular flexibility index (Phi) is 7.29. The van der Waals surface area contributed by atoms with Gasteiger partial charge in [-0.2, -0.15) is 0 Å². The number of carbonyl (C=O) groups excluding carboxylic acids is 1. The number of nitrogens with zero attached hydrogens (tertiary/aromatic N) is 2. The fourth-order valence-electron chi connectivity index (χ4n) is 4.27. The highest BCUT2D eigenvalue weighted by Crippen LogP contribution is 2.41. The summed E-state index contributed by atoms with van der Waals surface area (Å²) in [6, 6.07) is 9.77. The van der Waals surface area contributed by atoms with Crippen molar-refractivity contribution >= 4 is 56.6 Å². The third-order valence-corrected chi connectivity index (χ3v) is 7.40. The third kappa shape index (κ3) is 5.56. The summed E-state index contributed by atoms with van der Waals surface area (Å²) in [5.41, 5.74) is 2.26. The molecule has 11 heteroatoms. The van der Waals surface area contributed by atoms with Gasteiger partial charge in [-0.1, -0.05) is 40.9 Å². The second kappa shape index (κ2) is 9.93. The van der Waals surface area contributed by atoms with Crippen molar-refractivity contribution in [2.24, 2.45) is 0 Å². The van der Waals surface area contributed by atoms with E-state index in [1.54, 1.807) is 30.0 Å². The molecule has 1 saturated heterocycles. The lowest BCUT2D eigenvalue weighted by Crippen LogP contribution is -2.30. The second-order valence-corrected chi connectivity index (χ2v) is 11.4. The number of anilines is 1. The van der Waals surface area contributed by atoms with Crippen LogP contribution in [0.3, 0.4) is 0 Å². The zero-order valence-corrected chi connectivity index (χ0v) is 21.9. The highest BCUT2D eigenvalue weighted by Gasteiger charge is 2.29. The highest BCUT2D eigenvalue weighted by molar-refractivity contribution is 7.89. The summed E-state index contributed by atoms with van der Waals surface area (Å²) in [7, 11) is -3.82. The molecule has 0 spiro atoms. The maximum absolute atomic E-state index is 14.7. The maximum Gasteiger partial charge on any atom is 0.267 e. The summed E-state index contributed by atoms with van der Waals surface area (Å²) >= 11 is 18.9. The number of carbonyl (C=O) groups is 1. The Morgan fingerprint density at radius 2 is 1.86 bits per heavy atom. The monoisotopic (exact) mass is 555 g/mol. The SMILES string of the molecule is Cc1cc(C(=O)NS(C)(=O)=O)c(F)cc1-c1cnc(N2CCC[C@H]2c2ccc(Cl)c(Cl)c2)c(Cl)c1. The van der Waals surface area contributed by atoms with E-state index in [9.17, 15) is 17.6 Å². The van der Waals surface area contributed by atoms with Gasteiger partial charge in [0.05, 0.1) is 32.9 Å². The number of hydrogen-bond donors (Lipinski definition) is 1. The Hall–Kier alpha value is -2.39. The van der Waals surface area contributed by atoms with Gasteiger partial charge in [0, 0.05) is 18.3 Å². The minimum absolute atomic E-state index is 0.0347. The standard InChI is InChI=1S/C24H21Cl3FN3O3S/c1-13-8-17(24(32)30-35(2,33)34)21(28)11-16(13)15-10-20(27)23(29-12-15)31-7-3-4-22(31)14-5-6-18(25)19(26)9-14/h5-6,8-12,22H,3-4,7H2,1-2H3,(H,30,32)/t22-/m0/s1. The number of amides is 1. The van der Waals surface area contributed by atoms with Crippen molar-refractivity contribution in [2.75, 3.05) is 17.7 Å². The first kappa shape index (κ1) is 25.7. The van der Waals surface area contributed by atoms with Crippen LogP contribution >= 0.6 is 34.8 Å². The Labute approximate surface area is 218 Å². The number of aromatic nitrogens is 1. The summed E-state index contributed by atoms with van der Waals surface area (Å²) in [6.07, 6.45) is 4.28. The number of rotatable bonds is 5. The zero-order valence-electron chi connectivity index (χ0n) is 18.8. The Balaban J connectivity index is 1.64. The van der Waals surface area contributed by atoms with E-state index in [4.69, 9.17) is 34.8 Å². The van der Waals surface area contributed by atoms with Crippen LogP contribution in [0.1, 0.15) is 40.4 Å². The van der Waals surface area contributed by atoms with Crippen LogP contribution in [0.25, 0.3) is 11.1 Å². The number of aryl methyl sites for hydroxylation is 1. The van der Waals surface area contributed by atoms with Gasteiger partial charge in [0.1, 0.15) is 11.6 Å². The molecule has 1 aliphatic rings. The molecule has 2 heterocycles. The Morgan fingerprint density at radius 1 is 1.11 bits per heavy atom. The molecule has 0 saturated carbocycles. The molecule has 0 unspecified atom stereocenters. The lowest BCUT2D eigenvalue weighted by molar-refractivity contribution is 0.0977. The summed E-state index contributed by atoms with van der Waals surface area (Å²) in [4.78, 5) is 18.8. The molecule has 0 aliphatic carbocycles. The maximum atomic E-state index is 14.7. The van der Waals surface area contributed by atoms with Gasteiger partial charge in [0.25, 0.3) is 5.91 Å². The topological polar surface area (TPSA) is 79.4 Å². The number of hydrogen-bond acceptors (Lipinski definition) is 5.